The quantitative estimate of drug-likeness (QED) is 0.757. The third kappa shape index (κ3) is 2.03. The van der Waals surface area contributed by atoms with Gasteiger partial charge in [0.05, 0.1) is 10.7 Å². The zero-order valence-electron chi connectivity index (χ0n) is 10.7. The van der Waals surface area contributed by atoms with Gasteiger partial charge in [-0.05, 0) is 49.8 Å². The Morgan fingerprint density at radius 2 is 1.94 bits per heavy atom. The number of anilines is 1. The van der Waals surface area contributed by atoms with Crippen LogP contribution in [0.3, 0.4) is 0 Å². The van der Waals surface area contributed by atoms with Gasteiger partial charge in [0.25, 0.3) is 0 Å². The lowest BCUT2D eigenvalue weighted by molar-refractivity contribution is 0.101. The number of fused-ring (bicyclic) bond motifs is 1. The zero-order valence-corrected chi connectivity index (χ0v) is 11.4. The molecule has 0 amide bonds. The first-order chi connectivity index (χ1) is 8.65. The Bertz CT molecular complexity index is 473. The molecule has 0 bridgehead atoms. The molecule has 2 atom stereocenters. The van der Waals surface area contributed by atoms with Crippen LogP contribution in [0.5, 0.6) is 0 Å². The lowest BCUT2D eigenvalue weighted by atomic mass is 10.0. The Hall–Kier alpha value is -1.02. The number of halogens is 1. The molecule has 2 nitrogen and oxygen atoms in total. The summed E-state index contributed by atoms with van der Waals surface area (Å²) in [6.07, 6.45) is 4.12. The van der Waals surface area contributed by atoms with Gasteiger partial charge in [0.2, 0.25) is 0 Å². The molecular formula is C15H18ClNO. The summed E-state index contributed by atoms with van der Waals surface area (Å²) < 4.78 is 0. The second kappa shape index (κ2) is 4.58. The van der Waals surface area contributed by atoms with Gasteiger partial charge in [0, 0.05) is 18.7 Å². The van der Waals surface area contributed by atoms with Crippen molar-refractivity contribution in [2.75, 3.05) is 18.0 Å². The van der Waals surface area contributed by atoms with Crippen molar-refractivity contribution in [1.29, 1.82) is 0 Å². The molecule has 1 aliphatic heterocycles. The number of carbonyl (C=O) groups is 1. The minimum absolute atomic E-state index is 0.0711. The van der Waals surface area contributed by atoms with Crippen LogP contribution in [0.2, 0.25) is 5.02 Å². The predicted octanol–water partition coefficient (Wildman–Crippen LogP) is 3.78. The normalized spacial score (nSPS) is 26.4. The van der Waals surface area contributed by atoms with Crippen LogP contribution < -0.4 is 4.90 Å². The Balaban J connectivity index is 1.83. The molecule has 2 unspecified atom stereocenters. The van der Waals surface area contributed by atoms with Gasteiger partial charge in [0.15, 0.2) is 5.78 Å². The zero-order chi connectivity index (χ0) is 12.7. The first-order valence-corrected chi connectivity index (χ1v) is 7.08. The molecule has 0 radical (unpaired) electrons. The fourth-order valence-electron chi connectivity index (χ4n) is 3.41. The van der Waals surface area contributed by atoms with Crippen molar-refractivity contribution in [2.24, 2.45) is 11.8 Å². The largest absolute Gasteiger partial charge is 0.370 e. The van der Waals surface area contributed by atoms with Gasteiger partial charge in [-0.1, -0.05) is 18.0 Å². The molecule has 1 aromatic rings. The molecule has 1 heterocycles. The van der Waals surface area contributed by atoms with Crippen LogP contribution in [0.25, 0.3) is 0 Å². The third-order valence-corrected chi connectivity index (χ3v) is 4.72. The number of benzene rings is 1. The van der Waals surface area contributed by atoms with Gasteiger partial charge >= 0.3 is 0 Å². The van der Waals surface area contributed by atoms with E-state index in [4.69, 9.17) is 11.6 Å². The minimum Gasteiger partial charge on any atom is -0.370 e. The van der Waals surface area contributed by atoms with E-state index in [2.05, 4.69) is 4.90 Å². The number of carbonyl (C=O) groups excluding carboxylic acids is 1. The number of ketones is 1. The molecule has 96 valence electrons. The fourth-order valence-corrected chi connectivity index (χ4v) is 3.71. The molecule has 3 heteroatoms. The molecule has 3 rings (SSSR count). The molecular weight excluding hydrogens is 246 g/mol. The second-order valence-electron chi connectivity index (χ2n) is 5.58. The highest BCUT2D eigenvalue weighted by Gasteiger charge is 2.36. The van der Waals surface area contributed by atoms with Crippen molar-refractivity contribution in [3.8, 4) is 0 Å². The highest BCUT2D eigenvalue weighted by Crippen LogP contribution is 2.41. The Labute approximate surface area is 113 Å². The van der Waals surface area contributed by atoms with E-state index >= 15 is 0 Å². The first-order valence-electron chi connectivity index (χ1n) is 6.70. The van der Waals surface area contributed by atoms with Gasteiger partial charge in [-0.3, -0.25) is 4.79 Å². The molecule has 2 aliphatic rings. The van der Waals surface area contributed by atoms with Crippen LogP contribution in [0.1, 0.15) is 36.5 Å². The van der Waals surface area contributed by atoms with E-state index in [9.17, 15) is 4.79 Å². The van der Waals surface area contributed by atoms with Gasteiger partial charge in [0.1, 0.15) is 0 Å². The molecule has 18 heavy (non-hydrogen) atoms. The maximum Gasteiger partial charge on any atom is 0.159 e. The predicted molar refractivity (Wildman–Crippen MR) is 74.5 cm³/mol. The highest BCUT2D eigenvalue weighted by molar-refractivity contribution is 6.33. The van der Waals surface area contributed by atoms with Gasteiger partial charge < -0.3 is 4.90 Å². The van der Waals surface area contributed by atoms with E-state index < -0.39 is 0 Å². The summed E-state index contributed by atoms with van der Waals surface area (Å²) in [6, 6.07) is 5.69. The average Bonchev–Trinajstić information content (AvgIpc) is 2.88. The SMILES string of the molecule is CC(=O)c1ccc(N2CC3CCCC3C2)c(Cl)c1. The molecule has 0 aromatic heterocycles. The summed E-state index contributed by atoms with van der Waals surface area (Å²) in [5.41, 5.74) is 1.79. The molecule has 0 N–H and O–H groups in total. The van der Waals surface area contributed by atoms with Crippen LogP contribution in [-0.2, 0) is 0 Å². The number of hydrogen-bond donors (Lipinski definition) is 0. The molecule has 1 saturated heterocycles. The standard InChI is InChI=1S/C15H18ClNO/c1-10(18)11-5-6-15(14(16)7-11)17-8-12-3-2-4-13(12)9-17/h5-7,12-13H,2-4,8-9H2,1H3. The summed E-state index contributed by atoms with van der Waals surface area (Å²) in [5.74, 6) is 1.78. The maximum absolute atomic E-state index is 11.3. The van der Waals surface area contributed by atoms with E-state index in [1.165, 1.54) is 19.3 Å². The van der Waals surface area contributed by atoms with E-state index in [0.717, 1.165) is 30.6 Å². The summed E-state index contributed by atoms with van der Waals surface area (Å²) >= 11 is 6.32. The van der Waals surface area contributed by atoms with Crippen molar-refractivity contribution in [1.82, 2.24) is 0 Å². The summed E-state index contributed by atoms with van der Waals surface area (Å²) in [6.45, 7) is 3.83. The summed E-state index contributed by atoms with van der Waals surface area (Å²) in [5, 5.41) is 0.711. The third-order valence-electron chi connectivity index (χ3n) is 4.42. The Kier molecular flexibility index (Phi) is 3.06. The van der Waals surface area contributed by atoms with Crippen LogP contribution in [0.4, 0.5) is 5.69 Å². The number of nitrogens with zero attached hydrogens (tertiary/aromatic N) is 1. The molecule has 1 aromatic carbocycles. The van der Waals surface area contributed by atoms with Gasteiger partial charge in [-0.2, -0.15) is 0 Å². The smallest absolute Gasteiger partial charge is 0.159 e. The fraction of sp³-hybridized carbons (Fsp3) is 0.533. The van der Waals surface area contributed by atoms with E-state index in [0.29, 0.717) is 10.6 Å². The van der Waals surface area contributed by atoms with Gasteiger partial charge in [-0.25, -0.2) is 0 Å². The topological polar surface area (TPSA) is 20.3 Å². The van der Waals surface area contributed by atoms with E-state index in [1.54, 1.807) is 13.0 Å². The van der Waals surface area contributed by atoms with Crippen molar-refractivity contribution < 1.29 is 4.79 Å². The number of hydrogen-bond acceptors (Lipinski definition) is 2. The minimum atomic E-state index is 0.0711. The van der Waals surface area contributed by atoms with Crippen molar-refractivity contribution in [3.05, 3.63) is 28.8 Å². The maximum atomic E-state index is 11.3. The lowest BCUT2D eigenvalue weighted by Crippen LogP contribution is -2.21. The van der Waals surface area contributed by atoms with E-state index in [-0.39, 0.29) is 5.78 Å². The Morgan fingerprint density at radius 3 is 2.50 bits per heavy atom. The van der Waals surface area contributed by atoms with Crippen LogP contribution in [-0.4, -0.2) is 18.9 Å². The molecule has 1 aliphatic carbocycles. The van der Waals surface area contributed by atoms with Crippen molar-refractivity contribution in [3.63, 3.8) is 0 Å². The monoisotopic (exact) mass is 263 g/mol. The number of rotatable bonds is 2. The lowest BCUT2D eigenvalue weighted by Gasteiger charge is -2.21. The van der Waals surface area contributed by atoms with Gasteiger partial charge in [-0.15, -0.1) is 0 Å². The van der Waals surface area contributed by atoms with Crippen LogP contribution in [0, 0.1) is 11.8 Å². The number of Topliss-reactive ketones (excluding diaryl/α,β-unsaturated/α-hetero) is 1. The van der Waals surface area contributed by atoms with Crippen molar-refractivity contribution >= 4 is 23.1 Å². The Morgan fingerprint density at radius 1 is 1.28 bits per heavy atom. The van der Waals surface area contributed by atoms with Crippen molar-refractivity contribution in [2.45, 2.75) is 26.2 Å². The summed E-state index contributed by atoms with van der Waals surface area (Å²) in [4.78, 5) is 13.7. The highest BCUT2D eigenvalue weighted by atomic mass is 35.5. The second-order valence-corrected chi connectivity index (χ2v) is 5.99. The van der Waals surface area contributed by atoms with E-state index in [1.807, 2.05) is 12.1 Å². The summed E-state index contributed by atoms with van der Waals surface area (Å²) in [7, 11) is 0. The molecule has 2 fully saturated rings. The van der Waals surface area contributed by atoms with Crippen LogP contribution >= 0.6 is 11.6 Å². The average molecular weight is 264 g/mol. The first kappa shape index (κ1) is 12.0. The molecule has 0 spiro atoms. The molecule has 1 saturated carbocycles. The van der Waals surface area contributed by atoms with Crippen LogP contribution in [0.15, 0.2) is 18.2 Å².